The second-order valence-electron chi connectivity index (χ2n) is 7.26. The highest BCUT2D eigenvalue weighted by atomic mass is 16.5. The van der Waals surface area contributed by atoms with Crippen LogP contribution < -0.4 is 10.5 Å². The van der Waals surface area contributed by atoms with Crippen molar-refractivity contribution < 1.29 is 14.6 Å². The Morgan fingerprint density at radius 2 is 1.77 bits per heavy atom. The number of aromatic nitrogens is 2. The Morgan fingerprint density at radius 3 is 2.39 bits per heavy atom. The third kappa shape index (κ3) is 9.19. The molecule has 0 aliphatic rings. The smallest absolute Gasteiger partial charge is 0.303 e. The fourth-order valence-corrected chi connectivity index (χ4v) is 2.88. The van der Waals surface area contributed by atoms with Crippen LogP contribution in [0, 0.1) is 7.43 Å². The summed E-state index contributed by atoms with van der Waals surface area (Å²) in [5.74, 6) is -0.0410. The van der Waals surface area contributed by atoms with Gasteiger partial charge in [-0.1, -0.05) is 42.5 Å². The van der Waals surface area contributed by atoms with Gasteiger partial charge in [-0.25, -0.2) is 0 Å². The van der Waals surface area contributed by atoms with E-state index in [0.29, 0.717) is 19.6 Å². The zero-order chi connectivity index (χ0) is 21.8. The van der Waals surface area contributed by atoms with E-state index in [1.54, 1.807) is 0 Å². The van der Waals surface area contributed by atoms with E-state index in [9.17, 15) is 4.79 Å². The van der Waals surface area contributed by atoms with Crippen LogP contribution in [-0.4, -0.2) is 59.5 Å². The third-order valence-electron chi connectivity index (χ3n) is 4.38. The van der Waals surface area contributed by atoms with Crippen molar-refractivity contribution in [2.75, 3.05) is 33.8 Å². The van der Waals surface area contributed by atoms with Crippen molar-refractivity contribution in [1.82, 2.24) is 14.7 Å². The van der Waals surface area contributed by atoms with Gasteiger partial charge in [-0.05, 0) is 51.2 Å². The fraction of sp³-hybridized carbons (Fsp3) is 0.375. The molecule has 0 saturated carbocycles. The fourth-order valence-electron chi connectivity index (χ4n) is 2.88. The third-order valence-corrected chi connectivity index (χ3v) is 4.38. The summed E-state index contributed by atoms with van der Waals surface area (Å²) in [6, 6.07) is 18.6. The van der Waals surface area contributed by atoms with Crippen LogP contribution in [-0.2, 0) is 11.3 Å². The Bertz CT molecular complexity index is 894. The number of nitrogens with two attached hydrogens (primary N) is 1. The first kappa shape index (κ1) is 26.1. The SMILES string of the molecule is CN(C)CCCOc1nn(Cc2ccccc2)c2ccccc12.NCCCC(=O)O.[CH3-]. The van der Waals surface area contributed by atoms with E-state index in [1.807, 2.05) is 22.9 Å². The molecule has 2 aromatic carbocycles. The largest absolute Gasteiger partial charge is 0.481 e. The molecular weight excluding hydrogens is 392 g/mol. The summed E-state index contributed by atoms with van der Waals surface area (Å²) < 4.78 is 7.95. The van der Waals surface area contributed by atoms with Gasteiger partial charge >= 0.3 is 5.97 Å². The van der Waals surface area contributed by atoms with E-state index >= 15 is 0 Å². The first-order valence-corrected chi connectivity index (χ1v) is 10.2. The number of rotatable bonds is 10. The molecule has 1 aromatic heterocycles. The maximum absolute atomic E-state index is 9.70. The van der Waals surface area contributed by atoms with E-state index in [-0.39, 0.29) is 13.8 Å². The number of benzene rings is 2. The van der Waals surface area contributed by atoms with Gasteiger partial charge < -0.3 is 27.9 Å². The second-order valence-corrected chi connectivity index (χ2v) is 7.26. The number of para-hydroxylation sites is 1. The molecule has 31 heavy (non-hydrogen) atoms. The number of carbonyl (C=O) groups is 1. The van der Waals surface area contributed by atoms with Crippen LogP contribution in [0.3, 0.4) is 0 Å². The molecule has 0 aliphatic heterocycles. The molecule has 0 bridgehead atoms. The zero-order valence-corrected chi connectivity index (χ0v) is 18.8. The Balaban J connectivity index is 0.000000523. The first-order chi connectivity index (χ1) is 14.5. The molecule has 0 spiro atoms. The summed E-state index contributed by atoms with van der Waals surface area (Å²) in [4.78, 5) is 11.9. The lowest BCUT2D eigenvalue weighted by Gasteiger charge is -2.09. The summed E-state index contributed by atoms with van der Waals surface area (Å²) in [5.41, 5.74) is 7.36. The number of fused-ring (bicyclic) bond motifs is 1. The quantitative estimate of drug-likeness (QED) is 0.379. The van der Waals surface area contributed by atoms with E-state index in [0.717, 1.165) is 36.3 Å². The van der Waals surface area contributed by atoms with E-state index < -0.39 is 5.97 Å². The number of carboxylic acid groups (broad SMARTS) is 1. The Kier molecular flexibility index (Phi) is 11.9. The lowest BCUT2D eigenvalue weighted by molar-refractivity contribution is -0.137. The van der Waals surface area contributed by atoms with E-state index in [4.69, 9.17) is 15.6 Å². The lowest BCUT2D eigenvalue weighted by Crippen LogP contribution is -2.15. The number of carboxylic acids is 1. The molecule has 170 valence electrons. The molecule has 7 nitrogen and oxygen atoms in total. The van der Waals surface area contributed by atoms with Crippen molar-refractivity contribution >= 4 is 16.9 Å². The molecule has 0 unspecified atom stereocenters. The summed E-state index contributed by atoms with van der Waals surface area (Å²) >= 11 is 0. The minimum absolute atomic E-state index is 0. The van der Waals surface area contributed by atoms with Crippen LogP contribution in [0.2, 0.25) is 0 Å². The molecule has 3 rings (SSSR count). The van der Waals surface area contributed by atoms with Gasteiger partial charge in [0.05, 0.1) is 24.1 Å². The molecule has 0 aliphatic carbocycles. The minimum Gasteiger partial charge on any atom is -0.481 e. The number of ether oxygens (including phenoxy) is 1. The number of hydrogen-bond donors (Lipinski definition) is 2. The Morgan fingerprint density at radius 1 is 1.10 bits per heavy atom. The average Bonchev–Trinajstić information content (AvgIpc) is 3.08. The maximum atomic E-state index is 9.70. The Labute approximate surface area is 185 Å². The monoisotopic (exact) mass is 427 g/mol. The van der Waals surface area contributed by atoms with Crippen molar-refractivity contribution in [3.63, 3.8) is 0 Å². The topological polar surface area (TPSA) is 93.6 Å². The number of nitrogens with zero attached hydrogens (tertiary/aromatic N) is 3. The normalized spacial score (nSPS) is 10.3. The predicted molar refractivity (Wildman–Crippen MR) is 126 cm³/mol. The summed E-state index contributed by atoms with van der Waals surface area (Å²) in [5, 5.41) is 13.7. The van der Waals surface area contributed by atoms with Crippen molar-refractivity contribution in [3.05, 3.63) is 67.6 Å². The highest BCUT2D eigenvalue weighted by Crippen LogP contribution is 2.25. The molecule has 0 atom stereocenters. The van der Waals surface area contributed by atoms with Gasteiger partial charge in [0.1, 0.15) is 0 Å². The van der Waals surface area contributed by atoms with Crippen LogP contribution >= 0.6 is 0 Å². The summed E-state index contributed by atoms with van der Waals surface area (Å²) in [6.07, 6.45) is 1.76. The zero-order valence-electron chi connectivity index (χ0n) is 18.8. The number of hydrogen-bond acceptors (Lipinski definition) is 5. The lowest BCUT2D eigenvalue weighted by atomic mass is 10.2. The Hall–Kier alpha value is -2.90. The molecule has 3 N–H and O–H groups in total. The molecule has 0 radical (unpaired) electrons. The van der Waals surface area contributed by atoms with Crippen molar-refractivity contribution in [2.45, 2.75) is 25.8 Å². The predicted octanol–water partition coefficient (Wildman–Crippen LogP) is 3.68. The summed E-state index contributed by atoms with van der Waals surface area (Å²) in [6.45, 7) is 2.92. The van der Waals surface area contributed by atoms with Gasteiger partial charge in [0.25, 0.3) is 0 Å². The van der Waals surface area contributed by atoms with Crippen molar-refractivity contribution in [1.29, 1.82) is 0 Å². The molecule has 3 aromatic rings. The van der Waals surface area contributed by atoms with Gasteiger partial charge in [0, 0.05) is 13.0 Å². The highest BCUT2D eigenvalue weighted by Gasteiger charge is 2.11. The van der Waals surface area contributed by atoms with Gasteiger partial charge in [-0.3, -0.25) is 9.48 Å². The van der Waals surface area contributed by atoms with E-state index in [1.165, 1.54) is 5.56 Å². The van der Waals surface area contributed by atoms with Gasteiger partial charge in [0.15, 0.2) is 0 Å². The first-order valence-electron chi connectivity index (χ1n) is 10.2. The second kappa shape index (κ2) is 14.2. The summed E-state index contributed by atoms with van der Waals surface area (Å²) in [7, 11) is 4.15. The maximum Gasteiger partial charge on any atom is 0.303 e. The van der Waals surface area contributed by atoms with Crippen LogP contribution in [0.15, 0.2) is 54.6 Å². The van der Waals surface area contributed by atoms with Gasteiger partial charge in [-0.15, -0.1) is 5.10 Å². The van der Waals surface area contributed by atoms with Gasteiger partial charge in [-0.2, -0.15) is 0 Å². The molecule has 0 fully saturated rings. The molecule has 0 amide bonds. The van der Waals surface area contributed by atoms with Crippen LogP contribution in [0.5, 0.6) is 5.88 Å². The van der Waals surface area contributed by atoms with Crippen LogP contribution in [0.4, 0.5) is 0 Å². The van der Waals surface area contributed by atoms with Crippen molar-refractivity contribution in [3.8, 4) is 5.88 Å². The molecular formula is C24H35N4O3-. The van der Waals surface area contributed by atoms with Crippen LogP contribution in [0.25, 0.3) is 10.9 Å². The van der Waals surface area contributed by atoms with Gasteiger partial charge in [0.2, 0.25) is 5.88 Å². The average molecular weight is 428 g/mol. The molecule has 0 saturated heterocycles. The molecule has 1 heterocycles. The van der Waals surface area contributed by atoms with Crippen molar-refractivity contribution in [2.24, 2.45) is 5.73 Å². The molecule has 7 heteroatoms. The highest BCUT2D eigenvalue weighted by molar-refractivity contribution is 5.84. The van der Waals surface area contributed by atoms with Crippen LogP contribution in [0.1, 0.15) is 24.8 Å². The standard InChI is InChI=1S/C19H23N3O.C4H9NO2.CH3/c1-21(2)13-8-14-23-19-17-11-6-7-12-18(17)22(20-19)15-16-9-4-3-5-10-16;5-3-1-2-4(6)7;/h3-7,9-12H,8,13-15H2,1-2H3;1-3,5H2,(H,6,7);1H3/q;;-1. The number of aliphatic carboxylic acids is 1. The minimum atomic E-state index is -0.773. The van der Waals surface area contributed by atoms with E-state index in [2.05, 4.69) is 60.5 Å².